The number of aromatic nitrogens is 2. The van der Waals surface area contributed by atoms with Gasteiger partial charge in [0.05, 0.1) is 5.75 Å². The van der Waals surface area contributed by atoms with Crippen LogP contribution in [0.4, 0.5) is 0 Å². The van der Waals surface area contributed by atoms with E-state index in [0.29, 0.717) is 5.65 Å². The van der Waals surface area contributed by atoms with Gasteiger partial charge in [0.2, 0.25) is 5.03 Å². The van der Waals surface area contributed by atoms with E-state index in [1.807, 2.05) is 0 Å². The van der Waals surface area contributed by atoms with Gasteiger partial charge in [-0.2, -0.15) is 4.98 Å². The van der Waals surface area contributed by atoms with Crippen molar-refractivity contribution in [2.45, 2.75) is 11.9 Å². The predicted molar refractivity (Wildman–Crippen MR) is 59.6 cm³/mol. The monoisotopic (exact) mass is 254 g/mol. The molecule has 0 fully saturated rings. The molecule has 2 aromatic heterocycles. The Morgan fingerprint density at radius 3 is 2.88 bits per heavy atom. The van der Waals surface area contributed by atoms with Crippen molar-refractivity contribution >= 4 is 22.0 Å². The van der Waals surface area contributed by atoms with Crippen molar-refractivity contribution < 1.29 is 17.9 Å². The summed E-state index contributed by atoms with van der Waals surface area (Å²) in [6, 6.07) is 5.02. The SMILES string of the molecule is CCS(=O)(=O)c1c(OC=O)nc2ccccn12. The molecule has 0 unspecified atom stereocenters. The molecule has 6 nitrogen and oxygen atoms in total. The molecule has 0 aliphatic rings. The van der Waals surface area contributed by atoms with Crippen LogP contribution < -0.4 is 4.74 Å². The van der Waals surface area contributed by atoms with Gasteiger partial charge in [0, 0.05) is 6.20 Å². The fraction of sp³-hybridized carbons (Fsp3) is 0.200. The fourth-order valence-electron chi connectivity index (χ4n) is 1.49. The van der Waals surface area contributed by atoms with E-state index in [1.54, 1.807) is 24.4 Å². The van der Waals surface area contributed by atoms with Crippen molar-refractivity contribution in [3.05, 3.63) is 24.4 Å². The van der Waals surface area contributed by atoms with Crippen LogP contribution in [-0.2, 0) is 14.6 Å². The third-order valence-electron chi connectivity index (χ3n) is 2.29. The van der Waals surface area contributed by atoms with Gasteiger partial charge in [-0.1, -0.05) is 13.0 Å². The zero-order valence-electron chi connectivity index (χ0n) is 9.03. The number of hydrogen-bond donors (Lipinski definition) is 0. The van der Waals surface area contributed by atoms with E-state index in [0.717, 1.165) is 0 Å². The van der Waals surface area contributed by atoms with Crippen molar-refractivity contribution in [3.63, 3.8) is 0 Å². The molecule has 0 bridgehead atoms. The highest BCUT2D eigenvalue weighted by atomic mass is 32.2. The van der Waals surface area contributed by atoms with Gasteiger partial charge in [-0.05, 0) is 12.1 Å². The summed E-state index contributed by atoms with van der Waals surface area (Å²) in [7, 11) is -3.52. The van der Waals surface area contributed by atoms with Crippen LogP contribution in [0.2, 0.25) is 0 Å². The van der Waals surface area contributed by atoms with Crippen LogP contribution in [0.5, 0.6) is 5.88 Å². The summed E-state index contributed by atoms with van der Waals surface area (Å²) in [4.78, 5) is 14.3. The molecule has 2 heterocycles. The second-order valence-electron chi connectivity index (χ2n) is 3.27. The zero-order chi connectivity index (χ0) is 12.5. The van der Waals surface area contributed by atoms with E-state index in [1.165, 1.54) is 11.3 Å². The Morgan fingerprint density at radius 2 is 2.24 bits per heavy atom. The Morgan fingerprint density at radius 1 is 1.47 bits per heavy atom. The highest BCUT2D eigenvalue weighted by Crippen LogP contribution is 2.25. The summed E-state index contributed by atoms with van der Waals surface area (Å²) in [5.41, 5.74) is 0.413. The molecule has 17 heavy (non-hydrogen) atoms. The van der Waals surface area contributed by atoms with Crippen LogP contribution in [0.1, 0.15) is 6.92 Å². The first-order chi connectivity index (χ1) is 8.10. The summed E-state index contributed by atoms with van der Waals surface area (Å²) in [5.74, 6) is -0.279. The molecular formula is C10H10N2O4S. The van der Waals surface area contributed by atoms with Crippen LogP contribution >= 0.6 is 0 Å². The topological polar surface area (TPSA) is 77.7 Å². The highest BCUT2D eigenvalue weighted by Gasteiger charge is 2.24. The molecule has 0 saturated heterocycles. The smallest absolute Gasteiger partial charge is 0.299 e. The molecule has 2 rings (SSSR count). The molecule has 0 amide bonds. The van der Waals surface area contributed by atoms with Crippen LogP contribution in [0.15, 0.2) is 29.4 Å². The van der Waals surface area contributed by atoms with Crippen LogP contribution in [0.25, 0.3) is 5.65 Å². The quantitative estimate of drug-likeness (QED) is 0.749. The van der Waals surface area contributed by atoms with Gasteiger partial charge < -0.3 is 4.74 Å². The normalized spacial score (nSPS) is 11.6. The van der Waals surface area contributed by atoms with Crippen molar-refractivity contribution in [2.24, 2.45) is 0 Å². The summed E-state index contributed by atoms with van der Waals surface area (Å²) >= 11 is 0. The number of fused-ring (bicyclic) bond motifs is 1. The number of ether oxygens (including phenoxy) is 1. The molecule has 90 valence electrons. The van der Waals surface area contributed by atoms with Crippen LogP contribution in [0.3, 0.4) is 0 Å². The number of rotatable bonds is 4. The minimum absolute atomic E-state index is 0.0924. The summed E-state index contributed by atoms with van der Waals surface area (Å²) in [5, 5.41) is -0.0947. The van der Waals surface area contributed by atoms with Gasteiger partial charge in [-0.3, -0.25) is 9.20 Å². The Kier molecular flexibility index (Phi) is 2.84. The minimum atomic E-state index is -3.52. The van der Waals surface area contributed by atoms with Crippen LogP contribution in [-0.4, -0.2) is 30.0 Å². The lowest BCUT2D eigenvalue weighted by atomic mass is 10.5. The molecule has 2 aromatic rings. The number of nitrogens with zero attached hydrogens (tertiary/aromatic N) is 2. The van der Waals surface area contributed by atoms with E-state index >= 15 is 0 Å². The second-order valence-corrected chi connectivity index (χ2v) is 5.46. The lowest BCUT2D eigenvalue weighted by Gasteiger charge is -2.02. The molecule has 0 saturated carbocycles. The largest absolute Gasteiger partial charge is 0.406 e. The van der Waals surface area contributed by atoms with Gasteiger partial charge in [0.25, 0.3) is 12.4 Å². The van der Waals surface area contributed by atoms with Crippen LogP contribution in [0, 0.1) is 0 Å². The molecule has 0 atom stereocenters. The predicted octanol–water partition coefficient (Wildman–Crippen LogP) is 0.663. The van der Waals surface area contributed by atoms with Crippen molar-refractivity contribution in [1.82, 2.24) is 9.38 Å². The Hall–Kier alpha value is -1.89. The number of carbonyl (C=O) groups excluding carboxylic acids is 1. The van der Waals surface area contributed by atoms with E-state index in [9.17, 15) is 13.2 Å². The molecule has 0 N–H and O–H groups in total. The Balaban J connectivity index is 2.81. The molecule has 0 spiro atoms. The van der Waals surface area contributed by atoms with Gasteiger partial charge >= 0.3 is 0 Å². The molecule has 7 heteroatoms. The summed E-state index contributed by atoms with van der Waals surface area (Å²) in [6.07, 6.45) is 1.56. The standard InChI is InChI=1S/C10H10N2O4S/c1-2-17(14,15)10-9(16-7-13)11-8-5-3-4-6-12(8)10/h3-7H,2H2,1H3. The van der Waals surface area contributed by atoms with Crippen molar-refractivity contribution in [1.29, 1.82) is 0 Å². The maximum atomic E-state index is 11.9. The molecule has 0 radical (unpaired) electrons. The molecule has 0 aromatic carbocycles. The minimum Gasteiger partial charge on any atom is -0.406 e. The average Bonchev–Trinajstić information content (AvgIpc) is 2.68. The molecule has 0 aliphatic heterocycles. The number of carbonyl (C=O) groups is 1. The van der Waals surface area contributed by atoms with Gasteiger partial charge in [-0.25, -0.2) is 8.42 Å². The maximum absolute atomic E-state index is 11.9. The van der Waals surface area contributed by atoms with E-state index < -0.39 is 9.84 Å². The third-order valence-corrected chi connectivity index (χ3v) is 4.01. The van der Waals surface area contributed by atoms with Crippen molar-refractivity contribution in [2.75, 3.05) is 5.75 Å². The Labute approximate surface area is 97.8 Å². The summed E-state index contributed by atoms with van der Waals surface area (Å²) in [6.45, 7) is 1.68. The first kappa shape index (κ1) is 11.6. The lowest BCUT2D eigenvalue weighted by molar-refractivity contribution is -0.121. The molecule has 0 aliphatic carbocycles. The molecular weight excluding hydrogens is 244 g/mol. The number of sulfone groups is 1. The average molecular weight is 254 g/mol. The van der Waals surface area contributed by atoms with E-state index in [2.05, 4.69) is 9.72 Å². The Bertz CT molecular complexity index is 660. The zero-order valence-corrected chi connectivity index (χ0v) is 9.85. The van der Waals surface area contributed by atoms with Crippen molar-refractivity contribution in [3.8, 4) is 5.88 Å². The summed E-state index contributed by atoms with van der Waals surface area (Å²) < 4.78 is 29.8. The number of imidazole rings is 1. The lowest BCUT2D eigenvalue weighted by Crippen LogP contribution is -2.09. The van der Waals surface area contributed by atoms with Gasteiger partial charge in [0.15, 0.2) is 9.84 Å². The second kappa shape index (κ2) is 4.17. The maximum Gasteiger partial charge on any atom is 0.299 e. The highest BCUT2D eigenvalue weighted by molar-refractivity contribution is 7.91. The van der Waals surface area contributed by atoms with E-state index in [4.69, 9.17) is 0 Å². The third kappa shape index (κ3) is 1.89. The first-order valence-electron chi connectivity index (χ1n) is 4.90. The first-order valence-corrected chi connectivity index (χ1v) is 6.55. The number of pyridine rings is 1. The van der Waals surface area contributed by atoms with E-state index in [-0.39, 0.29) is 23.1 Å². The number of hydrogen-bond acceptors (Lipinski definition) is 5. The van der Waals surface area contributed by atoms with Gasteiger partial charge in [0.1, 0.15) is 5.65 Å². The van der Waals surface area contributed by atoms with Gasteiger partial charge in [-0.15, -0.1) is 0 Å². The fourth-order valence-corrected chi connectivity index (χ4v) is 2.58.